The first kappa shape index (κ1) is 12.6. The summed E-state index contributed by atoms with van der Waals surface area (Å²) in [7, 11) is 0. The van der Waals surface area contributed by atoms with Crippen LogP contribution in [-0.4, -0.2) is 42.3 Å². The fourth-order valence-corrected chi connectivity index (χ4v) is 10.4. The quantitative estimate of drug-likeness (QED) is 0.699. The SMILES string of the molecule is C1CSC(SCCSC2SCCS2)S1. The molecule has 0 nitrogen and oxygen atoms in total. The van der Waals surface area contributed by atoms with Crippen molar-refractivity contribution in [1.29, 1.82) is 0 Å². The molecule has 82 valence electrons. The van der Waals surface area contributed by atoms with Gasteiger partial charge in [0.25, 0.3) is 0 Å². The standard InChI is InChI=1S/C8H14S6/c1-2-10-7(9-1)13-5-6-14-8-11-3-4-12-8/h7-8H,1-6H2. The van der Waals surface area contributed by atoms with Gasteiger partial charge in [-0.25, -0.2) is 0 Å². The van der Waals surface area contributed by atoms with Gasteiger partial charge >= 0.3 is 0 Å². The summed E-state index contributed by atoms with van der Waals surface area (Å²) in [6, 6.07) is 0. The van der Waals surface area contributed by atoms with Crippen LogP contribution in [0.3, 0.4) is 0 Å². The molecule has 0 unspecified atom stereocenters. The minimum Gasteiger partial charge on any atom is -0.136 e. The van der Waals surface area contributed by atoms with E-state index in [1.54, 1.807) is 0 Å². The Morgan fingerprint density at radius 3 is 1.43 bits per heavy atom. The lowest BCUT2D eigenvalue weighted by atomic mass is 11.0. The van der Waals surface area contributed by atoms with Gasteiger partial charge in [0.15, 0.2) is 0 Å². The molecule has 0 bridgehead atoms. The summed E-state index contributed by atoms with van der Waals surface area (Å²) < 4.78 is 1.69. The highest BCUT2D eigenvalue weighted by Gasteiger charge is 2.18. The van der Waals surface area contributed by atoms with Gasteiger partial charge in [0, 0.05) is 34.5 Å². The second kappa shape index (κ2) is 7.43. The molecule has 0 radical (unpaired) electrons. The molecule has 2 aliphatic rings. The minimum absolute atomic E-state index is 0.847. The van der Waals surface area contributed by atoms with Gasteiger partial charge in [-0.2, -0.15) is 0 Å². The van der Waals surface area contributed by atoms with Crippen LogP contribution in [-0.2, 0) is 0 Å². The van der Waals surface area contributed by atoms with Crippen LogP contribution < -0.4 is 0 Å². The maximum absolute atomic E-state index is 2.15. The molecule has 6 heteroatoms. The maximum Gasteiger partial charge on any atom is 0.0956 e. The fourth-order valence-electron chi connectivity index (χ4n) is 1.15. The van der Waals surface area contributed by atoms with Crippen LogP contribution in [0.1, 0.15) is 0 Å². The molecule has 0 saturated carbocycles. The predicted molar refractivity (Wildman–Crippen MR) is 82.3 cm³/mol. The summed E-state index contributed by atoms with van der Waals surface area (Å²) in [6.07, 6.45) is 0. The molecule has 0 aliphatic carbocycles. The van der Waals surface area contributed by atoms with Crippen LogP contribution in [0.5, 0.6) is 0 Å². The van der Waals surface area contributed by atoms with Gasteiger partial charge in [0.2, 0.25) is 0 Å². The third kappa shape index (κ3) is 4.53. The second-order valence-electron chi connectivity index (χ2n) is 2.80. The van der Waals surface area contributed by atoms with Gasteiger partial charge in [-0.1, -0.05) is 0 Å². The van der Waals surface area contributed by atoms with Crippen LogP contribution >= 0.6 is 70.6 Å². The van der Waals surface area contributed by atoms with Gasteiger partial charge in [-0.15, -0.1) is 70.6 Å². The van der Waals surface area contributed by atoms with Gasteiger partial charge in [-0.05, 0) is 0 Å². The summed E-state index contributed by atoms with van der Waals surface area (Å²) in [4.78, 5) is 0. The molecule has 2 heterocycles. The van der Waals surface area contributed by atoms with Crippen molar-refractivity contribution in [3.63, 3.8) is 0 Å². The zero-order valence-corrected chi connectivity index (χ0v) is 12.7. The number of hydrogen-bond acceptors (Lipinski definition) is 6. The Hall–Kier alpha value is 2.10. The van der Waals surface area contributed by atoms with Gasteiger partial charge < -0.3 is 0 Å². The lowest BCUT2D eigenvalue weighted by Gasteiger charge is -2.09. The number of thioether (sulfide) groups is 6. The van der Waals surface area contributed by atoms with E-state index in [0.29, 0.717) is 0 Å². The topological polar surface area (TPSA) is 0 Å². The average molecular weight is 303 g/mol. The highest BCUT2D eigenvalue weighted by Crippen LogP contribution is 2.42. The summed E-state index contributed by atoms with van der Waals surface area (Å²) in [5, 5.41) is 0. The summed E-state index contributed by atoms with van der Waals surface area (Å²) in [6.45, 7) is 0. The van der Waals surface area contributed by atoms with Crippen molar-refractivity contribution in [2.24, 2.45) is 0 Å². The van der Waals surface area contributed by atoms with Crippen LogP contribution in [0.15, 0.2) is 0 Å². The van der Waals surface area contributed by atoms with Crippen molar-refractivity contribution >= 4 is 70.6 Å². The number of hydrogen-bond donors (Lipinski definition) is 0. The van der Waals surface area contributed by atoms with Crippen molar-refractivity contribution < 1.29 is 0 Å². The Kier molecular flexibility index (Phi) is 6.66. The molecular formula is C8H14S6. The van der Waals surface area contributed by atoms with E-state index in [2.05, 4.69) is 70.6 Å². The molecule has 0 aromatic heterocycles. The first-order valence-corrected chi connectivity index (χ1v) is 10.9. The zero-order chi connectivity index (χ0) is 9.64. The third-order valence-corrected chi connectivity index (χ3v) is 11.7. The van der Waals surface area contributed by atoms with Crippen LogP contribution in [0.25, 0.3) is 0 Å². The van der Waals surface area contributed by atoms with Crippen molar-refractivity contribution in [1.82, 2.24) is 0 Å². The van der Waals surface area contributed by atoms with Gasteiger partial charge in [0.1, 0.15) is 0 Å². The first-order valence-electron chi connectivity index (χ1n) is 4.65. The maximum atomic E-state index is 2.15. The summed E-state index contributed by atoms with van der Waals surface area (Å²) in [5.74, 6) is 8.14. The van der Waals surface area contributed by atoms with E-state index in [4.69, 9.17) is 0 Å². The lowest BCUT2D eigenvalue weighted by Crippen LogP contribution is -1.93. The average Bonchev–Trinajstić information content (AvgIpc) is 2.86. The largest absolute Gasteiger partial charge is 0.136 e. The Bertz CT molecular complexity index is 134. The molecular weight excluding hydrogens is 288 g/mol. The van der Waals surface area contributed by atoms with E-state index in [9.17, 15) is 0 Å². The molecule has 2 aliphatic heterocycles. The highest BCUT2D eigenvalue weighted by molar-refractivity contribution is 8.35. The van der Waals surface area contributed by atoms with E-state index in [1.165, 1.54) is 34.5 Å². The molecule has 0 N–H and O–H groups in total. The number of rotatable bonds is 5. The Labute approximate surface area is 112 Å². The normalized spacial score (nSPS) is 24.9. The monoisotopic (exact) mass is 302 g/mol. The molecule has 0 aromatic carbocycles. The van der Waals surface area contributed by atoms with E-state index in [-0.39, 0.29) is 0 Å². The summed E-state index contributed by atoms with van der Waals surface area (Å²) in [5.41, 5.74) is 0. The molecule has 0 atom stereocenters. The van der Waals surface area contributed by atoms with E-state index in [0.717, 1.165) is 7.83 Å². The van der Waals surface area contributed by atoms with Crippen LogP contribution in [0, 0.1) is 0 Å². The molecule has 0 amide bonds. The van der Waals surface area contributed by atoms with Crippen molar-refractivity contribution in [2.45, 2.75) is 7.83 Å². The summed E-state index contributed by atoms with van der Waals surface area (Å²) >= 11 is 12.8. The van der Waals surface area contributed by atoms with E-state index < -0.39 is 0 Å². The molecule has 0 spiro atoms. The third-order valence-electron chi connectivity index (χ3n) is 1.77. The molecule has 0 aromatic rings. The van der Waals surface area contributed by atoms with E-state index >= 15 is 0 Å². The predicted octanol–water partition coefficient (Wildman–Crippen LogP) is 3.98. The van der Waals surface area contributed by atoms with Crippen molar-refractivity contribution in [2.75, 3.05) is 34.5 Å². The smallest absolute Gasteiger partial charge is 0.0956 e. The molecule has 2 saturated heterocycles. The van der Waals surface area contributed by atoms with Crippen LogP contribution in [0.2, 0.25) is 0 Å². The Morgan fingerprint density at radius 1 is 0.714 bits per heavy atom. The second-order valence-corrected chi connectivity index (χ2v) is 11.9. The van der Waals surface area contributed by atoms with Gasteiger partial charge in [-0.3, -0.25) is 0 Å². The zero-order valence-electron chi connectivity index (χ0n) is 7.85. The lowest BCUT2D eigenvalue weighted by molar-refractivity contribution is 1.55. The van der Waals surface area contributed by atoms with Crippen molar-refractivity contribution in [3.05, 3.63) is 0 Å². The van der Waals surface area contributed by atoms with Crippen molar-refractivity contribution in [3.8, 4) is 0 Å². The fraction of sp³-hybridized carbons (Fsp3) is 1.00. The Morgan fingerprint density at radius 2 is 1.07 bits per heavy atom. The highest BCUT2D eigenvalue weighted by atomic mass is 32.3. The van der Waals surface area contributed by atoms with Crippen LogP contribution in [0.4, 0.5) is 0 Å². The Balaban J connectivity index is 1.46. The van der Waals surface area contributed by atoms with Gasteiger partial charge in [0.05, 0.1) is 7.83 Å². The minimum atomic E-state index is 0.847. The molecule has 14 heavy (non-hydrogen) atoms. The molecule has 2 fully saturated rings. The first-order chi connectivity index (χ1) is 6.95. The molecule has 2 rings (SSSR count). The van der Waals surface area contributed by atoms with E-state index in [1.807, 2.05) is 0 Å².